The molecule has 2 heterocycles. The Morgan fingerprint density at radius 1 is 0.925 bits per heavy atom. The second-order valence-electron chi connectivity index (χ2n) is 10.0. The van der Waals surface area contributed by atoms with E-state index < -0.39 is 29.7 Å². The van der Waals surface area contributed by atoms with Crippen molar-refractivity contribution in [2.75, 3.05) is 0 Å². The summed E-state index contributed by atoms with van der Waals surface area (Å²) in [4.78, 5) is 41.8. The third-order valence-corrected chi connectivity index (χ3v) is 6.71. The fourth-order valence-corrected chi connectivity index (χ4v) is 4.53. The van der Waals surface area contributed by atoms with Crippen molar-refractivity contribution in [1.29, 1.82) is 0 Å². The molecule has 0 saturated carbocycles. The minimum Gasteiger partial charge on any atom is -0.494 e. The third kappa shape index (κ3) is 6.58. The van der Waals surface area contributed by atoms with Crippen LogP contribution in [0.1, 0.15) is 53.4 Å². The number of benzene rings is 2. The van der Waals surface area contributed by atoms with Gasteiger partial charge in [-0.1, -0.05) is 56.3 Å². The number of aromatic amines is 1. The summed E-state index contributed by atoms with van der Waals surface area (Å²) in [6.07, 6.45) is 3.54. The van der Waals surface area contributed by atoms with E-state index in [-0.39, 0.29) is 41.7 Å². The lowest BCUT2D eigenvalue weighted by Gasteiger charge is -2.24. The largest absolute Gasteiger partial charge is 0.494 e. The van der Waals surface area contributed by atoms with Crippen molar-refractivity contribution in [2.45, 2.75) is 45.7 Å². The fraction of sp³-hybridized carbons (Fsp3) is 0.267. The van der Waals surface area contributed by atoms with E-state index in [2.05, 4.69) is 20.7 Å². The van der Waals surface area contributed by atoms with Gasteiger partial charge in [-0.05, 0) is 42.2 Å². The second-order valence-corrected chi connectivity index (χ2v) is 10.0. The Bertz CT molecular complexity index is 1460. The quantitative estimate of drug-likeness (QED) is 0.182. The molecule has 208 valence electrons. The molecule has 10 heteroatoms. The average Bonchev–Trinajstić information content (AvgIpc) is 3.55. The highest BCUT2D eigenvalue weighted by molar-refractivity contribution is 6.05. The predicted molar refractivity (Wildman–Crippen MR) is 149 cm³/mol. The molecular weight excluding hydrogens is 510 g/mol. The maximum absolute atomic E-state index is 13.2. The van der Waals surface area contributed by atoms with E-state index in [1.54, 1.807) is 24.7 Å². The molecule has 10 nitrogen and oxygen atoms in total. The van der Waals surface area contributed by atoms with Crippen LogP contribution in [0.4, 0.5) is 0 Å². The number of carbonyl (C=O) groups is 3. The number of hydrogen-bond donors (Lipinski definition) is 5. The molecule has 2 amide bonds. The predicted octanol–water partition coefficient (Wildman–Crippen LogP) is 3.73. The molecule has 2 atom stereocenters. The van der Waals surface area contributed by atoms with Gasteiger partial charge in [-0.2, -0.15) is 5.10 Å². The minimum atomic E-state index is -0.951. The van der Waals surface area contributed by atoms with Crippen LogP contribution in [-0.4, -0.2) is 48.6 Å². The van der Waals surface area contributed by atoms with Gasteiger partial charge in [-0.3, -0.25) is 19.4 Å². The van der Waals surface area contributed by atoms with E-state index >= 15 is 0 Å². The highest BCUT2D eigenvalue weighted by atomic mass is 16.3. The number of Topliss-reactive ketones (excluding diaryl/α,β-unsaturated/α-hetero) is 1. The van der Waals surface area contributed by atoms with Crippen molar-refractivity contribution in [3.05, 3.63) is 95.3 Å². The summed E-state index contributed by atoms with van der Waals surface area (Å²) < 4.78 is 1.73. The molecule has 0 spiro atoms. The van der Waals surface area contributed by atoms with Crippen LogP contribution in [0.25, 0.3) is 5.69 Å². The maximum Gasteiger partial charge on any atom is 0.224 e. The summed E-state index contributed by atoms with van der Waals surface area (Å²) in [5.41, 5.74) is 2.56. The average molecular weight is 544 g/mol. The van der Waals surface area contributed by atoms with Gasteiger partial charge in [0.05, 0.1) is 36.2 Å². The van der Waals surface area contributed by atoms with Crippen LogP contribution in [-0.2, 0) is 16.0 Å². The Morgan fingerprint density at radius 3 is 2.20 bits per heavy atom. The molecular formula is C30H33N5O5. The number of amides is 2. The van der Waals surface area contributed by atoms with Gasteiger partial charge in [-0.25, -0.2) is 4.68 Å². The lowest BCUT2D eigenvalue weighted by atomic mass is 9.93. The first kappa shape index (κ1) is 28.2. The molecule has 4 rings (SSSR count). The number of aromatic nitrogens is 3. The Labute approximate surface area is 232 Å². The molecule has 0 aliphatic carbocycles. The lowest BCUT2D eigenvalue weighted by Crippen LogP contribution is -2.45. The molecule has 0 aliphatic rings. The number of nitrogens with one attached hydrogen (secondary N) is 3. The van der Waals surface area contributed by atoms with E-state index in [9.17, 15) is 24.6 Å². The van der Waals surface area contributed by atoms with E-state index in [4.69, 9.17) is 0 Å². The number of ketones is 1. The van der Waals surface area contributed by atoms with Crippen LogP contribution in [0.15, 0.2) is 73.1 Å². The first-order valence-electron chi connectivity index (χ1n) is 13.0. The number of hydrogen-bond acceptors (Lipinski definition) is 6. The zero-order valence-corrected chi connectivity index (χ0v) is 22.6. The first-order chi connectivity index (χ1) is 19.1. The third-order valence-electron chi connectivity index (χ3n) is 6.71. The van der Waals surface area contributed by atoms with Crippen molar-refractivity contribution < 1.29 is 24.6 Å². The Morgan fingerprint density at radius 2 is 1.62 bits per heavy atom. The number of carbonyl (C=O) groups excluding carboxylic acids is 3. The highest BCUT2D eigenvalue weighted by Crippen LogP contribution is 2.30. The molecule has 0 radical (unpaired) electrons. The van der Waals surface area contributed by atoms with Gasteiger partial charge >= 0.3 is 0 Å². The van der Waals surface area contributed by atoms with Gasteiger partial charge in [0.1, 0.15) is 0 Å². The summed E-state index contributed by atoms with van der Waals surface area (Å²) >= 11 is 0. The van der Waals surface area contributed by atoms with E-state index in [1.807, 2.05) is 66.9 Å². The number of nitrogens with zero attached hydrogens (tertiary/aromatic N) is 2. The highest BCUT2D eigenvalue weighted by Gasteiger charge is 2.31. The van der Waals surface area contributed by atoms with Crippen LogP contribution in [0.2, 0.25) is 0 Å². The lowest BCUT2D eigenvalue weighted by molar-refractivity contribution is -0.123. The van der Waals surface area contributed by atoms with Crippen molar-refractivity contribution in [2.24, 2.45) is 5.92 Å². The zero-order valence-electron chi connectivity index (χ0n) is 22.6. The van der Waals surface area contributed by atoms with Crippen LogP contribution < -0.4 is 10.6 Å². The Kier molecular flexibility index (Phi) is 8.68. The van der Waals surface area contributed by atoms with E-state index in [1.165, 1.54) is 6.92 Å². The van der Waals surface area contributed by atoms with Gasteiger partial charge in [-0.15, -0.1) is 0 Å². The van der Waals surface area contributed by atoms with Crippen LogP contribution >= 0.6 is 0 Å². The molecule has 4 aromatic rings. The van der Waals surface area contributed by atoms with E-state index in [0.29, 0.717) is 0 Å². The van der Waals surface area contributed by atoms with Crippen molar-refractivity contribution >= 4 is 17.6 Å². The number of aromatic hydroxyl groups is 2. The minimum absolute atomic E-state index is 0.0667. The normalized spacial score (nSPS) is 12.6. The van der Waals surface area contributed by atoms with Gasteiger partial charge in [0.15, 0.2) is 11.7 Å². The molecule has 2 aromatic heterocycles. The van der Waals surface area contributed by atoms with E-state index in [0.717, 1.165) is 16.8 Å². The summed E-state index contributed by atoms with van der Waals surface area (Å²) in [6.45, 7) is 5.05. The molecule has 2 aromatic carbocycles. The molecule has 0 fully saturated rings. The fourth-order valence-electron chi connectivity index (χ4n) is 4.53. The van der Waals surface area contributed by atoms with Crippen LogP contribution in [0.3, 0.4) is 0 Å². The second kappa shape index (κ2) is 12.3. The SMILES string of the molecule is Cc1c(O)[nH]c(O)c1C(=O)[C@@H](NC(=O)C[C@H](NC(=O)Cc1ccc(-n2cccn2)cc1)c1ccccc1)C(C)C. The molecule has 0 unspecified atom stereocenters. The van der Waals surface area contributed by atoms with Gasteiger partial charge in [0, 0.05) is 18.0 Å². The summed E-state index contributed by atoms with van der Waals surface area (Å²) in [5.74, 6) is -2.28. The monoisotopic (exact) mass is 543 g/mol. The Balaban J connectivity index is 1.45. The Hall–Kier alpha value is -4.86. The van der Waals surface area contributed by atoms with Crippen molar-refractivity contribution in [1.82, 2.24) is 25.4 Å². The first-order valence-corrected chi connectivity index (χ1v) is 13.0. The maximum atomic E-state index is 13.2. The van der Waals surface area contributed by atoms with Crippen LogP contribution in [0, 0.1) is 12.8 Å². The standard InChI is InChI=1S/C30H33N5O5/c1-18(2)27(28(38)26-19(3)29(39)34-30(26)40)33-25(37)17-23(21-8-5-4-6-9-21)32-24(36)16-20-10-12-22(13-11-20)35-15-7-14-31-35/h4-15,18,23,27,34,39-40H,16-17H2,1-3H3,(H,32,36)(H,33,37)/t23-,27-/m0/s1. The van der Waals surface area contributed by atoms with Crippen molar-refractivity contribution in [3.8, 4) is 17.4 Å². The summed E-state index contributed by atoms with van der Waals surface area (Å²) in [6, 6.07) is 16.9. The number of H-pyrrole nitrogens is 1. The van der Waals surface area contributed by atoms with Crippen molar-refractivity contribution in [3.63, 3.8) is 0 Å². The molecule has 0 aliphatic heterocycles. The molecule has 0 bridgehead atoms. The summed E-state index contributed by atoms with van der Waals surface area (Å²) in [7, 11) is 0. The molecule has 0 saturated heterocycles. The number of rotatable bonds is 11. The van der Waals surface area contributed by atoms with Gasteiger partial charge in [0.25, 0.3) is 0 Å². The zero-order chi connectivity index (χ0) is 28.8. The van der Waals surface area contributed by atoms with Gasteiger partial charge in [0.2, 0.25) is 17.7 Å². The summed E-state index contributed by atoms with van der Waals surface area (Å²) in [5, 5.41) is 29.9. The molecule has 40 heavy (non-hydrogen) atoms. The molecule has 5 N–H and O–H groups in total. The topological polar surface area (TPSA) is 149 Å². The van der Waals surface area contributed by atoms with Crippen LogP contribution in [0.5, 0.6) is 11.8 Å². The smallest absolute Gasteiger partial charge is 0.224 e. The van der Waals surface area contributed by atoms with Gasteiger partial charge < -0.3 is 20.8 Å².